The fraction of sp³-hybridized carbons (Fsp3) is 0.143. The van der Waals surface area contributed by atoms with E-state index in [9.17, 15) is 8.78 Å². The molecular formula is C14H12BrF2NO. The van der Waals surface area contributed by atoms with Crippen molar-refractivity contribution in [1.29, 1.82) is 0 Å². The van der Waals surface area contributed by atoms with Gasteiger partial charge in [-0.15, -0.1) is 0 Å². The Bertz CT molecular complexity index is 590. The number of rotatable bonds is 4. The Labute approximate surface area is 118 Å². The maximum absolute atomic E-state index is 13.8. The van der Waals surface area contributed by atoms with Gasteiger partial charge in [-0.25, -0.2) is 8.78 Å². The highest BCUT2D eigenvalue weighted by Gasteiger charge is 2.10. The van der Waals surface area contributed by atoms with Crippen LogP contribution in [0, 0.1) is 11.6 Å². The highest BCUT2D eigenvalue weighted by Crippen LogP contribution is 2.29. The highest BCUT2D eigenvalue weighted by molar-refractivity contribution is 9.10. The topological polar surface area (TPSA) is 21.3 Å². The molecular weight excluding hydrogens is 316 g/mol. The van der Waals surface area contributed by atoms with Crippen LogP contribution in [0.25, 0.3) is 0 Å². The van der Waals surface area contributed by atoms with Crippen LogP contribution in [0.4, 0.5) is 8.78 Å². The second-order valence-corrected chi connectivity index (χ2v) is 4.89. The van der Waals surface area contributed by atoms with Crippen molar-refractivity contribution in [3.05, 3.63) is 58.1 Å². The zero-order valence-electron chi connectivity index (χ0n) is 10.2. The largest absolute Gasteiger partial charge is 0.451 e. The van der Waals surface area contributed by atoms with Gasteiger partial charge in [0.2, 0.25) is 0 Å². The molecule has 0 aromatic heterocycles. The fourth-order valence-electron chi connectivity index (χ4n) is 1.62. The van der Waals surface area contributed by atoms with Crippen molar-refractivity contribution >= 4 is 15.9 Å². The maximum atomic E-state index is 13.8. The molecule has 0 heterocycles. The Morgan fingerprint density at radius 1 is 1.05 bits per heavy atom. The molecule has 0 bridgehead atoms. The Balaban J connectivity index is 2.25. The van der Waals surface area contributed by atoms with Gasteiger partial charge in [-0.2, -0.15) is 0 Å². The Morgan fingerprint density at radius 3 is 2.53 bits per heavy atom. The minimum absolute atomic E-state index is 0.00291. The molecule has 0 amide bonds. The van der Waals surface area contributed by atoms with E-state index in [0.29, 0.717) is 11.0 Å². The average Bonchev–Trinajstić information content (AvgIpc) is 2.37. The van der Waals surface area contributed by atoms with Crippen molar-refractivity contribution in [3.63, 3.8) is 0 Å². The summed E-state index contributed by atoms with van der Waals surface area (Å²) >= 11 is 3.21. The van der Waals surface area contributed by atoms with Crippen LogP contribution < -0.4 is 10.1 Å². The predicted octanol–water partition coefficient (Wildman–Crippen LogP) is 4.24. The summed E-state index contributed by atoms with van der Waals surface area (Å²) in [5.41, 5.74) is 0.794. The molecule has 2 rings (SSSR count). The molecule has 19 heavy (non-hydrogen) atoms. The van der Waals surface area contributed by atoms with Crippen LogP contribution in [0.1, 0.15) is 5.56 Å². The van der Waals surface area contributed by atoms with Gasteiger partial charge in [-0.3, -0.25) is 0 Å². The number of hydrogen-bond donors (Lipinski definition) is 1. The van der Waals surface area contributed by atoms with Gasteiger partial charge in [0.15, 0.2) is 23.1 Å². The van der Waals surface area contributed by atoms with Gasteiger partial charge >= 0.3 is 0 Å². The van der Waals surface area contributed by atoms with Crippen molar-refractivity contribution in [3.8, 4) is 11.5 Å². The van der Waals surface area contributed by atoms with Crippen molar-refractivity contribution in [2.75, 3.05) is 7.05 Å². The number of benzene rings is 2. The predicted molar refractivity (Wildman–Crippen MR) is 73.3 cm³/mol. The van der Waals surface area contributed by atoms with E-state index in [4.69, 9.17) is 4.74 Å². The van der Waals surface area contributed by atoms with Gasteiger partial charge in [0.25, 0.3) is 0 Å². The van der Waals surface area contributed by atoms with E-state index in [0.717, 1.165) is 5.56 Å². The SMILES string of the molecule is CNCc1ccc(Oc2cc(Br)ccc2F)c(F)c1. The third-order valence-electron chi connectivity index (χ3n) is 2.49. The van der Waals surface area contributed by atoms with Crippen LogP contribution in [-0.4, -0.2) is 7.05 Å². The lowest BCUT2D eigenvalue weighted by molar-refractivity contribution is 0.414. The smallest absolute Gasteiger partial charge is 0.166 e. The van der Waals surface area contributed by atoms with Crippen molar-refractivity contribution in [2.45, 2.75) is 6.54 Å². The standard InChI is InChI=1S/C14H12BrF2NO/c1-18-8-9-2-5-13(12(17)6-9)19-14-7-10(15)3-4-11(14)16/h2-7,18H,8H2,1H3. The van der Waals surface area contributed by atoms with E-state index >= 15 is 0 Å². The van der Waals surface area contributed by atoms with E-state index in [-0.39, 0.29) is 11.5 Å². The molecule has 0 unspecified atom stereocenters. The van der Waals surface area contributed by atoms with Gasteiger partial charge in [-0.1, -0.05) is 22.0 Å². The third kappa shape index (κ3) is 3.52. The van der Waals surface area contributed by atoms with E-state index < -0.39 is 11.6 Å². The van der Waals surface area contributed by atoms with E-state index in [1.165, 1.54) is 24.3 Å². The third-order valence-corrected chi connectivity index (χ3v) is 2.98. The summed E-state index contributed by atoms with van der Waals surface area (Å²) in [5, 5.41) is 2.92. The lowest BCUT2D eigenvalue weighted by Gasteiger charge is -2.09. The summed E-state index contributed by atoms with van der Waals surface area (Å²) in [6.07, 6.45) is 0. The molecule has 0 aliphatic carbocycles. The number of nitrogens with one attached hydrogen (secondary N) is 1. The number of halogens is 3. The first-order chi connectivity index (χ1) is 9.10. The first kappa shape index (κ1) is 14.0. The van der Waals surface area contributed by atoms with Crippen molar-refractivity contribution in [2.24, 2.45) is 0 Å². The van der Waals surface area contributed by atoms with E-state index in [2.05, 4.69) is 21.2 Å². The molecule has 1 N–H and O–H groups in total. The Kier molecular flexibility index (Phi) is 4.50. The molecule has 100 valence electrons. The van der Waals surface area contributed by atoms with Crippen LogP contribution >= 0.6 is 15.9 Å². The maximum Gasteiger partial charge on any atom is 0.166 e. The average molecular weight is 328 g/mol. The van der Waals surface area contributed by atoms with Crippen LogP contribution in [0.5, 0.6) is 11.5 Å². The van der Waals surface area contributed by atoms with Crippen LogP contribution in [0.3, 0.4) is 0 Å². The summed E-state index contributed by atoms with van der Waals surface area (Å²) < 4.78 is 33.2. The van der Waals surface area contributed by atoms with Gasteiger partial charge in [0, 0.05) is 11.0 Å². The molecule has 0 fully saturated rings. The second kappa shape index (κ2) is 6.12. The van der Waals surface area contributed by atoms with E-state index in [1.807, 2.05) is 0 Å². The van der Waals surface area contributed by atoms with Crippen molar-refractivity contribution in [1.82, 2.24) is 5.32 Å². The van der Waals surface area contributed by atoms with Crippen LogP contribution in [-0.2, 0) is 6.54 Å². The first-order valence-electron chi connectivity index (χ1n) is 5.66. The minimum Gasteiger partial charge on any atom is -0.451 e. The summed E-state index contributed by atoms with van der Waals surface area (Å²) in [6, 6.07) is 8.84. The summed E-state index contributed by atoms with van der Waals surface area (Å²) in [7, 11) is 1.78. The number of ether oxygens (including phenoxy) is 1. The Hall–Kier alpha value is -1.46. The first-order valence-corrected chi connectivity index (χ1v) is 6.45. The minimum atomic E-state index is -0.540. The lowest BCUT2D eigenvalue weighted by Crippen LogP contribution is -2.05. The molecule has 2 aromatic carbocycles. The molecule has 0 radical (unpaired) electrons. The fourth-order valence-corrected chi connectivity index (χ4v) is 1.96. The zero-order valence-corrected chi connectivity index (χ0v) is 11.8. The van der Waals surface area contributed by atoms with Crippen molar-refractivity contribution < 1.29 is 13.5 Å². The molecule has 2 nitrogen and oxygen atoms in total. The van der Waals surface area contributed by atoms with Crippen LogP contribution in [0.15, 0.2) is 40.9 Å². The molecule has 2 aromatic rings. The summed E-state index contributed by atoms with van der Waals surface area (Å²) in [6.45, 7) is 0.558. The van der Waals surface area contributed by atoms with E-state index in [1.54, 1.807) is 19.2 Å². The van der Waals surface area contributed by atoms with Gasteiger partial charge < -0.3 is 10.1 Å². The van der Waals surface area contributed by atoms with Gasteiger partial charge in [-0.05, 0) is 42.9 Å². The lowest BCUT2D eigenvalue weighted by atomic mass is 10.2. The highest BCUT2D eigenvalue weighted by atomic mass is 79.9. The molecule has 0 atom stereocenters. The zero-order chi connectivity index (χ0) is 13.8. The normalized spacial score (nSPS) is 10.5. The molecule has 0 saturated heterocycles. The second-order valence-electron chi connectivity index (χ2n) is 3.97. The molecule has 5 heteroatoms. The Morgan fingerprint density at radius 2 is 1.84 bits per heavy atom. The molecule has 0 saturated carbocycles. The molecule has 0 spiro atoms. The van der Waals surface area contributed by atoms with Gasteiger partial charge in [0.1, 0.15) is 0 Å². The van der Waals surface area contributed by atoms with Crippen LogP contribution in [0.2, 0.25) is 0 Å². The van der Waals surface area contributed by atoms with Gasteiger partial charge in [0.05, 0.1) is 0 Å². The quantitative estimate of drug-likeness (QED) is 0.906. The molecule has 0 aliphatic heterocycles. The summed E-state index contributed by atoms with van der Waals surface area (Å²) in [4.78, 5) is 0. The monoisotopic (exact) mass is 327 g/mol. The molecule has 0 aliphatic rings. The number of hydrogen-bond acceptors (Lipinski definition) is 2. The summed E-state index contributed by atoms with van der Waals surface area (Å²) in [5.74, 6) is -1.08.